The van der Waals surface area contributed by atoms with Crippen molar-refractivity contribution in [3.8, 4) is 40.9 Å². The number of nitrogens with one attached hydrogen (secondary N) is 1. The number of aliphatic hydroxyl groups excluding tert-OH is 1. The molecule has 13 heteroatoms. The Morgan fingerprint density at radius 1 is 0.918 bits per heavy atom. The fraction of sp³-hybridized carbons (Fsp3) is 0.354. The SMILES string of the molecule is CC(C)[C@H](CN1CCC2(CC1)Oc1ccc(C#Cc3cnn(CCC#Cc4ccc(OCc5ccc(F)c(C(F)(F)F)c5)c(CNCCO)c4)c3)cc1O2)c1ccc(Cl)cc1. The number of nitrogens with zero attached hydrogens (tertiary/aromatic N) is 3. The lowest BCUT2D eigenvalue weighted by Crippen LogP contribution is -2.50. The van der Waals surface area contributed by atoms with Crippen molar-refractivity contribution in [3.63, 3.8) is 0 Å². The maximum Gasteiger partial charge on any atom is 0.419 e. The van der Waals surface area contributed by atoms with Crippen LogP contribution in [-0.2, 0) is 25.9 Å². The van der Waals surface area contributed by atoms with E-state index in [4.69, 9.17) is 25.8 Å². The summed E-state index contributed by atoms with van der Waals surface area (Å²) in [6, 6.07) is 22.1. The van der Waals surface area contributed by atoms with E-state index < -0.39 is 23.3 Å². The second-order valence-electron chi connectivity index (χ2n) is 15.6. The number of hydrogen-bond donors (Lipinski definition) is 2. The molecule has 7 rings (SSSR count). The van der Waals surface area contributed by atoms with Gasteiger partial charge < -0.3 is 29.5 Å². The first kappa shape index (κ1) is 43.6. The van der Waals surface area contributed by atoms with E-state index in [9.17, 15) is 22.7 Å². The van der Waals surface area contributed by atoms with Gasteiger partial charge in [0.2, 0.25) is 0 Å². The van der Waals surface area contributed by atoms with E-state index >= 15 is 0 Å². The highest BCUT2D eigenvalue weighted by Crippen LogP contribution is 2.44. The molecule has 2 aliphatic heterocycles. The maximum atomic E-state index is 13.8. The van der Waals surface area contributed by atoms with Crippen LogP contribution in [0.1, 0.15) is 78.0 Å². The fourth-order valence-corrected chi connectivity index (χ4v) is 7.58. The molecule has 1 atom stereocenters. The average molecular weight is 855 g/mol. The molecule has 61 heavy (non-hydrogen) atoms. The number of hydrogen-bond acceptors (Lipinski definition) is 7. The van der Waals surface area contributed by atoms with E-state index in [1.165, 1.54) is 11.6 Å². The predicted molar refractivity (Wildman–Crippen MR) is 226 cm³/mol. The van der Waals surface area contributed by atoms with Crippen LogP contribution in [0.4, 0.5) is 17.6 Å². The van der Waals surface area contributed by atoms with Crippen LogP contribution in [-0.4, -0.2) is 58.4 Å². The third-order valence-corrected chi connectivity index (χ3v) is 11.0. The molecule has 318 valence electrons. The Labute approximate surface area is 358 Å². The number of aliphatic hydroxyl groups is 1. The van der Waals surface area contributed by atoms with E-state index in [2.05, 4.69) is 65.0 Å². The zero-order valence-electron chi connectivity index (χ0n) is 34.0. The summed E-state index contributed by atoms with van der Waals surface area (Å²) in [5.74, 6) is 13.5. The first-order valence-corrected chi connectivity index (χ1v) is 20.7. The van der Waals surface area contributed by atoms with Gasteiger partial charge >= 0.3 is 6.18 Å². The number of alkyl halides is 3. The number of halogens is 5. The second-order valence-corrected chi connectivity index (χ2v) is 16.0. The molecule has 0 aliphatic carbocycles. The number of rotatable bonds is 13. The van der Waals surface area contributed by atoms with Gasteiger partial charge in [-0.05, 0) is 83.6 Å². The zero-order chi connectivity index (χ0) is 43.0. The molecule has 0 amide bonds. The van der Waals surface area contributed by atoms with Gasteiger partial charge in [-0.25, -0.2) is 4.39 Å². The first-order chi connectivity index (χ1) is 29.4. The van der Waals surface area contributed by atoms with Gasteiger partial charge in [-0.1, -0.05) is 67.3 Å². The summed E-state index contributed by atoms with van der Waals surface area (Å²) >= 11 is 6.15. The van der Waals surface area contributed by atoms with Crippen LogP contribution in [0, 0.1) is 35.4 Å². The topological polar surface area (TPSA) is 81.0 Å². The van der Waals surface area contributed by atoms with Gasteiger partial charge in [0.05, 0.1) is 30.5 Å². The molecule has 2 aliphatic rings. The number of ether oxygens (including phenoxy) is 3. The highest BCUT2D eigenvalue weighted by atomic mass is 35.5. The molecule has 1 aromatic heterocycles. The molecular weight excluding hydrogens is 808 g/mol. The summed E-state index contributed by atoms with van der Waals surface area (Å²) in [6.45, 7) is 8.20. The summed E-state index contributed by atoms with van der Waals surface area (Å²) in [5, 5.41) is 17.5. The number of aryl methyl sites for hydroxylation is 1. The third kappa shape index (κ3) is 11.5. The molecule has 1 fully saturated rings. The largest absolute Gasteiger partial charge is 0.489 e. The number of benzene rings is 4. The molecule has 8 nitrogen and oxygen atoms in total. The zero-order valence-corrected chi connectivity index (χ0v) is 34.8. The number of aromatic nitrogens is 2. The lowest BCUT2D eigenvalue weighted by atomic mass is 9.87. The molecule has 2 N–H and O–H groups in total. The second kappa shape index (κ2) is 19.5. The minimum atomic E-state index is -4.81. The van der Waals surface area contributed by atoms with Crippen molar-refractivity contribution in [2.24, 2.45) is 5.92 Å². The van der Waals surface area contributed by atoms with Crippen molar-refractivity contribution in [2.75, 3.05) is 32.8 Å². The first-order valence-electron chi connectivity index (χ1n) is 20.3. The summed E-state index contributed by atoms with van der Waals surface area (Å²) in [4.78, 5) is 2.50. The van der Waals surface area contributed by atoms with Crippen molar-refractivity contribution in [2.45, 2.75) is 70.7 Å². The summed E-state index contributed by atoms with van der Waals surface area (Å²) in [5.41, 5.74) is 3.14. The van der Waals surface area contributed by atoms with Crippen molar-refractivity contribution in [1.29, 1.82) is 0 Å². The molecule has 0 radical (unpaired) electrons. The van der Waals surface area contributed by atoms with E-state index in [1.807, 2.05) is 42.6 Å². The van der Waals surface area contributed by atoms with Gasteiger partial charge in [0.15, 0.2) is 11.5 Å². The van der Waals surface area contributed by atoms with Crippen LogP contribution in [0.5, 0.6) is 17.2 Å². The van der Waals surface area contributed by atoms with Crippen LogP contribution in [0.2, 0.25) is 5.02 Å². The molecule has 3 heterocycles. The lowest BCUT2D eigenvalue weighted by molar-refractivity contribution is -0.140. The van der Waals surface area contributed by atoms with Crippen LogP contribution < -0.4 is 19.5 Å². The van der Waals surface area contributed by atoms with Gasteiger partial charge in [-0.3, -0.25) is 4.68 Å². The smallest absolute Gasteiger partial charge is 0.419 e. The Bertz CT molecular complexity index is 2420. The standard InChI is InChI=1S/C48H47ClF4N4O4/c1-33(2)41(38-11-13-40(49)14-12-38)31-56-22-18-47(19-23-56)60-45-17-10-35(27-46(45)61-47)6-7-37-28-55-57(30-37)21-4-3-5-34-9-16-44(39(25-34)29-54-20-24-58)59-32-36-8-15-43(50)42(26-36)48(51,52)53/h8-17,25-28,30,33,41,54,58H,4,18-24,29,31-32H2,1-2H3/t41-/m0/s1. The molecule has 0 bridgehead atoms. The van der Waals surface area contributed by atoms with Crippen molar-refractivity contribution >= 4 is 11.6 Å². The number of piperidine rings is 1. The van der Waals surface area contributed by atoms with E-state index in [0.717, 1.165) is 66.5 Å². The molecule has 1 spiro atoms. The van der Waals surface area contributed by atoms with Gasteiger partial charge in [-0.15, -0.1) is 0 Å². The Morgan fingerprint density at radius 3 is 2.41 bits per heavy atom. The highest BCUT2D eigenvalue weighted by Gasteiger charge is 2.44. The van der Waals surface area contributed by atoms with E-state index in [1.54, 1.807) is 23.0 Å². The predicted octanol–water partition coefficient (Wildman–Crippen LogP) is 9.20. The Balaban J connectivity index is 0.906. The lowest BCUT2D eigenvalue weighted by Gasteiger charge is -2.39. The van der Waals surface area contributed by atoms with Gasteiger partial charge in [-0.2, -0.15) is 18.3 Å². The van der Waals surface area contributed by atoms with E-state index in [-0.39, 0.29) is 18.8 Å². The van der Waals surface area contributed by atoms with Crippen LogP contribution in [0.25, 0.3) is 0 Å². The quantitative estimate of drug-likeness (QED) is 0.0695. The Morgan fingerprint density at radius 2 is 1.66 bits per heavy atom. The minimum absolute atomic E-state index is 0.0716. The van der Waals surface area contributed by atoms with Crippen LogP contribution in [0.3, 0.4) is 0 Å². The summed E-state index contributed by atoms with van der Waals surface area (Å²) in [6.07, 6.45) is 0.821. The molecule has 5 aromatic rings. The molecule has 4 aromatic carbocycles. The number of likely N-dealkylation sites (tertiary alicyclic amines) is 1. The van der Waals surface area contributed by atoms with Gasteiger partial charge in [0.1, 0.15) is 18.2 Å². The van der Waals surface area contributed by atoms with Gasteiger partial charge in [0.25, 0.3) is 5.79 Å². The Hall–Kier alpha value is -5.50. The maximum absolute atomic E-state index is 13.8. The van der Waals surface area contributed by atoms with E-state index in [0.29, 0.717) is 60.5 Å². The average Bonchev–Trinajstić information content (AvgIpc) is 3.85. The van der Waals surface area contributed by atoms with Crippen molar-refractivity contribution < 1.29 is 36.9 Å². The molecule has 0 unspecified atom stereocenters. The molecule has 1 saturated heterocycles. The summed E-state index contributed by atoms with van der Waals surface area (Å²) < 4.78 is 73.9. The third-order valence-electron chi connectivity index (χ3n) is 10.8. The Kier molecular flexibility index (Phi) is 13.9. The fourth-order valence-electron chi connectivity index (χ4n) is 7.45. The molecular formula is C48H47ClF4N4O4. The van der Waals surface area contributed by atoms with Crippen molar-refractivity contribution in [1.82, 2.24) is 20.0 Å². The van der Waals surface area contributed by atoms with Gasteiger partial charge in [0, 0.05) is 79.9 Å². The molecule has 0 saturated carbocycles. The monoisotopic (exact) mass is 854 g/mol. The summed E-state index contributed by atoms with van der Waals surface area (Å²) in [7, 11) is 0. The normalized spacial score (nSPS) is 15.0. The highest BCUT2D eigenvalue weighted by molar-refractivity contribution is 6.30. The van der Waals surface area contributed by atoms with Crippen LogP contribution in [0.15, 0.2) is 91.3 Å². The minimum Gasteiger partial charge on any atom is -0.489 e. The van der Waals surface area contributed by atoms with Crippen molar-refractivity contribution in [3.05, 3.63) is 141 Å². The number of fused-ring (bicyclic) bond motifs is 1. The van der Waals surface area contributed by atoms with Crippen LogP contribution >= 0.6 is 11.6 Å².